The molecule has 0 radical (unpaired) electrons. The van der Waals surface area contributed by atoms with Gasteiger partial charge in [-0.25, -0.2) is 0 Å². The minimum absolute atomic E-state index is 0.873. The molecule has 0 aromatic heterocycles. The Bertz CT molecular complexity index is 445. The topological polar surface area (TPSA) is 0 Å². The van der Waals surface area contributed by atoms with Crippen molar-refractivity contribution in [1.29, 1.82) is 0 Å². The lowest BCUT2D eigenvalue weighted by atomic mass is 9.69. The average molecular weight is 359 g/mol. The smallest absolute Gasteiger partial charge is 0.0137 e. The van der Waals surface area contributed by atoms with Crippen molar-refractivity contribution in [2.24, 2.45) is 29.6 Å². The maximum absolute atomic E-state index is 3.56. The predicted octanol–water partition coefficient (Wildman–Crippen LogP) is 8.75. The third kappa shape index (κ3) is 8.28. The Balaban J connectivity index is 0.000000500. The number of rotatable bonds is 7. The lowest BCUT2D eigenvalue weighted by Gasteiger charge is -2.35. The Labute approximate surface area is 165 Å². The van der Waals surface area contributed by atoms with Gasteiger partial charge in [-0.3, -0.25) is 0 Å². The molecule has 0 aliphatic heterocycles. The highest BCUT2D eigenvalue weighted by atomic mass is 14.4. The molecule has 0 aromatic rings. The maximum Gasteiger partial charge on any atom is -0.0137 e. The Morgan fingerprint density at radius 1 is 1.04 bits per heavy atom. The van der Waals surface area contributed by atoms with E-state index in [2.05, 4.69) is 38.7 Å². The summed E-state index contributed by atoms with van der Waals surface area (Å²) < 4.78 is 0. The van der Waals surface area contributed by atoms with E-state index in [-0.39, 0.29) is 0 Å². The number of allylic oxidation sites excluding steroid dienone is 5. The third-order valence-corrected chi connectivity index (χ3v) is 5.99. The van der Waals surface area contributed by atoms with E-state index >= 15 is 0 Å². The van der Waals surface area contributed by atoms with E-state index in [1.807, 2.05) is 33.3 Å². The predicted molar refractivity (Wildman–Crippen MR) is 119 cm³/mol. The van der Waals surface area contributed by atoms with Crippen LogP contribution >= 0.6 is 0 Å². The SMILES string of the molecule is C=C(C)C.CC.CC/C=C(\CCCCC1CC1)C1CC(C)C2C=CC1C2. The first-order chi connectivity index (χ1) is 12.5. The molecule has 2 fully saturated rings. The van der Waals surface area contributed by atoms with E-state index in [4.69, 9.17) is 0 Å². The molecule has 0 N–H and O–H groups in total. The van der Waals surface area contributed by atoms with Crippen molar-refractivity contribution >= 4 is 0 Å². The summed E-state index contributed by atoms with van der Waals surface area (Å²) in [6.45, 7) is 16.3. The molecule has 3 aliphatic carbocycles. The van der Waals surface area contributed by atoms with Gasteiger partial charge < -0.3 is 0 Å². The molecule has 2 bridgehead atoms. The van der Waals surface area contributed by atoms with Crippen molar-refractivity contribution in [3.8, 4) is 0 Å². The second kappa shape index (κ2) is 12.6. The van der Waals surface area contributed by atoms with Crippen molar-refractivity contribution < 1.29 is 0 Å². The average Bonchev–Trinajstić information content (AvgIpc) is 3.33. The second-order valence-corrected chi connectivity index (χ2v) is 8.85. The highest BCUT2D eigenvalue weighted by Gasteiger charge is 2.37. The largest absolute Gasteiger partial charge is 0.100 e. The first kappa shape index (κ1) is 23.3. The minimum atomic E-state index is 0.873. The number of fused-ring (bicyclic) bond motifs is 2. The summed E-state index contributed by atoms with van der Waals surface area (Å²) in [7, 11) is 0. The van der Waals surface area contributed by atoms with E-state index in [1.54, 1.807) is 0 Å². The summed E-state index contributed by atoms with van der Waals surface area (Å²) in [6.07, 6.45) is 20.6. The highest BCUT2D eigenvalue weighted by molar-refractivity contribution is 5.18. The molecule has 3 rings (SSSR count). The summed E-state index contributed by atoms with van der Waals surface area (Å²) in [4.78, 5) is 0. The molecular weight excluding hydrogens is 312 g/mol. The van der Waals surface area contributed by atoms with Crippen molar-refractivity contribution in [3.05, 3.63) is 36.0 Å². The van der Waals surface area contributed by atoms with Crippen LogP contribution in [0.2, 0.25) is 0 Å². The molecule has 0 spiro atoms. The maximum atomic E-state index is 3.56. The van der Waals surface area contributed by atoms with E-state index in [1.165, 1.54) is 63.4 Å². The lowest BCUT2D eigenvalue weighted by Crippen LogP contribution is -2.26. The molecule has 2 saturated carbocycles. The van der Waals surface area contributed by atoms with Crippen molar-refractivity contribution in [1.82, 2.24) is 0 Å². The summed E-state index contributed by atoms with van der Waals surface area (Å²) in [5, 5.41) is 0. The van der Waals surface area contributed by atoms with E-state index in [0.717, 1.165) is 29.6 Å². The van der Waals surface area contributed by atoms with Crippen LogP contribution in [0.4, 0.5) is 0 Å². The van der Waals surface area contributed by atoms with Crippen LogP contribution in [0.5, 0.6) is 0 Å². The zero-order chi connectivity index (χ0) is 19.5. The van der Waals surface area contributed by atoms with Gasteiger partial charge in [-0.1, -0.05) is 82.8 Å². The van der Waals surface area contributed by atoms with Crippen molar-refractivity contribution in [2.45, 2.75) is 99.3 Å². The molecule has 150 valence electrons. The Hall–Kier alpha value is -0.780. The molecule has 0 nitrogen and oxygen atoms in total. The van der Waals surface area contributed by atoms with E-state index < -0.39 is 0 Å². The molecular formula is C26H46. The van der Waals surface area contributed by atoms with Gasteiger partial charge in [-0.05, 0) is 75.5 Å². The number of hydrogen-bond donors (Lipinski definition) is 0. The van der Waals surface area contributed by atoms with Crippen LogP contribution in [0.1, 0.15) is 99.3 Å². The Morgan fingerprint density at radius 3 is 2.23 bits per heavy atom. The van der Waals surface area contributed by atoms with E-state index in [9.17, 15) is 0 Å². The van der Waals surface area contributed by atoms with Crippen LogP contribution in [-0.2, 0) is 0 Å². The van der Waals surface area contributed by atoms with Crippen molar-refractivity contribution in [2.75, 3.05) is 0 Å². The fourth-order valence-electron chi connectivity index (χ4n) is 4.52. The summed E-state index contributed by atoms with van der Waals surface area (Å²) in [6, 6.07) is 0. The summed E-state index contributed by atoms with van der Waals surface area (Å²) in [5.74, 6) is 4.66. The van der Waals surface area contributed by atoms with Crippen LogP contribution in [-0.4, -0.2) is 0 Å². The summed E-state index contributed by atoms with van der Waals surface area (Å²) in [5.41, 5.74) is 2.98. The molecule has 26 heavy (non-hydrogen) atoms. The van der Waals surface area contributed by atoms with Crippen LogP contribution in [0.15, 0.2) is 36.0 Å². The first-order valence-electron chi connectivity index (χ1n) is 11.5. The van der Waals surface area contributed by atoms with Gasteiger partial charge in [0.25, 0.3) is 0 Å². The van der Waals surface area contributed by atoms with Gasteiger partial charge in [-0.15, -0.1) is 6.58 Å². The lowest BCUT2D eigenvalue weighted by molar-refractivity contribution is 0.221. The number of unbranched alkanes of at least 4 members (excludes halogenated alkanes) is 1. The Kier molecular flexibility index (Phi) is 11.3. The fraction of sp³-hybridized carbons (Fsp3) is 0.769. The molecule has 0 saturated heterocycles. The second-order valence-electron chi connectivity index (χ2n) is 8.85. The molecule has 0 aromatic carbocycles. The van der Waals surface area contributed by atoms with Crippen molar-refractivity contribution in [3.63, 3.8) is 0 Å². The molecule has 0 amide bonds. The molecule has 4 unspecified atom stereocenters. The molecule has 0 heterocycles. The fourth-order valence-corrected chi connectivity index (χ4v) is 4.52. The van der Waals surface area contributed by atoms with Crippen LogP contribution in [0, 0.1) is 29.6 Å². The number of hydrogen-bond acceptors (Lipinski definition) is 0. The monoisotopic (exact) mass is 358 g/mol. The van der Waals surface area contributed by atoms with E-state index in [0.29, 0.717) is 0 Å². The molecule has 3 aliphatic rings. The quantitative estimate of drug-likeness (QED) is 0.315. The molecule has 0 heteroatoms. The standard InChI is InChI=1S/C20H32.C4H8.C2H6/c1-3-6-17(8-5-4-7-16-9-10-16)20-13-15(2)18-11-12-19(20)14-18;1-4(2)3;1-2/h6,11-12,15-16,18-20H,3-5,7-10,13-14H2,1-2H3;1H2,2-3H3;1-2H3/b17-6+;;. The van der Waals surface area contributed by atoms with Crippen LogP contribution in [0.3, 0.4) is 0 Å². The van der Waals surface area contributed by atoms with Gasteiger partial charge in [-0.2, -0.15) is 0 Å². The van der Waals surface area contributed by atoms with Gasteiger partial charge in [0, 0.05) is 0 Å². The minimum Gasteiger partial charge on any atom is -0.100 e. The van der Waals surface area contributed by atoms with Gasteiger partial charge in [0.1, 0.15) is 0 Å². The van der Waals surface area contributed by atoms with Gasteiger partial charge in [0.05, 0.1) is 0 Å². The van der Waals surface area contributed by atoms with Gasteiger partial charge in [0.15, 0.2) is 0 Å². The van der Waals surface area contributed by atoms with Gasteiger partial charge in [0.2, 0.25) is 0 Å². The zero-order valence-corrected chi connectivity index (χ0v) is 18.7. The normalized spacial score (nSPS) is 29.4. The first-order valence-corrected chi connectivity index (χ1v) is 11.5. The highest BCUT2D eigenvalue weighted by Crippen LogP contribution is 2.47. The summed E-state index contributed by atoms with van der Waals surface area (Å²) >= 11 is 0. The van der Waals surface area contributed by atoms with Gasteiger partial charge >= 0.3 is 0 Å². The van der Waals surface area contributed by atoms with Crippen LogP contribution in [0.25, 0.3) is 0 Å². The third-order valence-electron chi connectivity index (χ3n) is 5.99. The van der Waals surface area contributed by atoms with Crippen LogP contribution < -0.4 is 0 Å². The molecule has 4 atom stereocenters. The zero-order valence-electron chi connectivity index (χ0n) is 18.7. The Morgan fingerprint density at radius 2 is 1.65 bits per heavy atom.